The van der Waals surface area contributed by atoms with E-state index in [-0.39, 0.29) is 5.54 Å². The molecule has 0 spiro atoms. The maximum atomic E-state index is 3.55. The summed E-state index contributed by atoms with van der Waals surface area (Å²) in [5, 5.41) is 3.55. The molecule has 0 aromatic heterocycles. The number of likely N-dealkylation sites (tertiary alicyclic amines) is 1. The molecule has 0 aliphatic carbocycles. The van der Waals surface area contributed by atoms with Crippen LogP contribution in [0.15, 0.2) is 0 Å². The molecule has 1 aliphatic heterocycles. The number of hydrogen-bond acceptors (Lipinski definition) is 2. The summed E-state index contributed by atoms with van der Waals surface area (Å²) in [6.07, 6.45) is 4.07. The molecule has 14 heavy (non-hydrogen) atoms. The lowest BCUT2D eigenvalue weighted by molar-refractivity contribution is 0.240. The predicted octanol–water partition coefficient (Wildman–Crippen LogP) is 2.25. The van der Waals surface area contributed by atoms with Gasteiger partial charge in [-0.15, -0.1) is 0 Å². The maximum Gasteiger partial charge on any atom is 0.00965 e. The van der Waals surface area contributed by atoms with E-state index in [4.69, 9.17) is 0 Å². The molecule has 1 atom stereocenters. The van der Waals surface area contributed by atoms with E-state index in [9.17, 15) is 0 Å². The van der Waals surface area contributed by atoms with Crippen LogP contribution in [0.4, 0.5) is 0 Å². The second-order valence-corrected chi connectivity index (χ2v) is 5.56. The zero-order valence-electron chi connectivity index (χ0n) is 10.3. The smallest absolute Gasteiger partial charge is 0.00965 e. The van der Waals surface area contributed by atoms with E-state index in [1.807, 2.05) is 0 Å². The van der Waals surface area contributed by atoms with Gasteiger partial charge in [-0.25, -0.2) is 0 Å². The molecule has 1 aliphatic rings. The van der Waals surface area contributed by atoms with Gasteiger partial charge in [-0.05, 0) is 66.6 Å². The van der Waals surface area contributed by atoms with E-state index in [2.05, 4.69) is 37.9 Å². The van der Waals surface area contributed by atoms with Crippen molar-refractivity contribution in [2.75, 3.05) is 19.6 Å². The van der Waals surface area contributed by atoms with Gasteiger partial charge in [-0.1, -0.05) is 0 Å². The lowest BCUT2D eigenvalue weighted by atomic mass is 10.1. The summed E-state index contributed by atoms with van der Waals surface area (Å²) in [6, 6.07) is 0.757. The molecule has 0 aromatic carbocycles. The van der Waals surface area contributed by atoms with Crippen molar-refractivity contribution >= 4 is 0 Å². The van der Waals surface area contributed by atoms with Crippen molar-refractivity contribution in [2.24, 2.45) is 0 Å². The van der Waals surface area contributed by atoms with Crippen LogP contribution >= 0.6 is 0 Å². The van der Waals surface area contributed by atoms with Crippen molar-refractivity contribution in [1.82, 2.24) is 10.2 Å². The quantitative estimate of drug-likeness (QED) is 0.745. The molecule has 1 fully saturated rings. The van der Waals surface area contributed by atoms with Gasteiger partial charge < -0.3 is 10.2 Å². The molecule has 1 unspecified atom stereocenters. The minimum atomic E-state index is 0.269. The standard InChI is InChI=1S/C12H26N2/c1-11(14-9-5-6-10-14)7-8-13-12(2,3)4/h11,13H,5-10H2,1-4H3. The molecule has 0 amide bonds. The first kappa shape index (κ1) is 12.0. The summed E-state index contributed by atoms with van der Waals surface area (Å²) >= 11 is 0. The third kappa shape index (κ3) is 4.43. The SMILES string of the molecule is CC(CCNC(C)(C)C)N1CCCC1. The normalized spacial score (nSPS) is 21.4. The van der Waals surface area contributed by atoms with Gasteiger partial charge in [0.15, 0.2) is 0 Å². The third-order valence-corrected chi connectivity index (χ3v) is 2.98. The van der Waals surface area contributed by atoms with E-state index < -0.39 is 0 Å². The van der Waals surface area contributed by atoms with Gasteiger partial charge in [0.1, 0.15) is 0 Å². The lowest BCUT2D eigenvalue weighted by Gasteiger charge is -2.26. The van der Waals surface area contributed by atoms with Crippen LogP contribution in [-0.2, 0) is 0 Å². The summed E-state index contributed by atoms with van der Waals surface area (Å²) < 4.78 is 0. The molecule has 0 radical (unpaired) electrons. The molecular weight excluding hydrogens is 172 g/mol. The zero-order valence-corrected chi connectivity index (χ0v) is 10.3. The van der Waals surface area contributed by atoms with Gasteiger partial charge in [-0.2, -0.15) is 0 Å². The van der Waals surface area contributed by atoms with Crippen molar-refractivity contribution in [3.63, 3.8) is 0 Å². The Labute approximate surface area is 89.1 Å². The highest BCUT2D eigenvalue weighted by Crippen LogP contribution is 2.13. The molecule has 0 bridgehead atoms. The molecule has 0 saturated carbocycles. The Morgan fingerprint density at radius 1 is 1.21 bits per heavy atom. The maximum absolute atomic E-state index is 3.55. The van der Waals surface area contributed by atoms with Crippen molar-refractivity contribution < 1.29 is 0 Å². The Bertz CT molecular complexity index is 154. The summed E-state index contributed by atoms with van der Waals surface area (Å²) in [4.78, 5) is 2.62. The number of nitrogens with zero attached hydrogens (tertiary/aromatic N) is 1. The van der Waals surface area contributed by atoms with E-state index >= 15 is 0 Å². The van der Waals surface area contributed by atoms with Crippen LogP contribution < -0.4 is 5.32 Å². The van der Waals surface area contributed by atoms with E-state index in [1.165, 1.54) is 32.4 Å². The molecule has 1 rings (SSSR count). The fraction of sp³-hybridized carbons (Fsp3) is 1.00. The van der Waals surface area contributed by atoms with Crippen LogP contribution in [0.25, 0.3) is 0 Å². The highest BCUT2D eigenvalue weighted by Gasteiger charge is 2.18. The third-order valence-electron chi connectivity index (χ3n) is 2.98. The van der Waals surface area contributed by atoms with Gasteiger partial charge >= 0.3 is 0 Å². The van der Waals surface area contributed by atoms with Crippen LogP contribution in [0.1, 0.15) is 47.0 Å². The molecule has 2 heteroatoms. The Hall–Kier alpha value is -0.0800. The van der Waals surface area contributed by atoms with Crippen LogP contribution in [0.3, 0.4) is 0 Å². The first-order valence-corrected chi connectivity index (χ1v) is 5.98. The minimum absolute atomic E-state index is 0.269. The molecule has 84 valence electrons. The Kier molecular flexibility index (Phi) is 4.39. The van der Waals surface area contributed by atoms with Gasteiger partial charge in [0.05, 0.1) is 0 Å². The number of rotatable bonds is 4. The Morgan fingerprint density at radius 2 is 1.79 bits per heavy atom. The largest absolute Gasteiger partial charge is 0.312 e. The fourth-order valence-electron chi connectivity index (χ4n) is 2.02. The topological polar surface area (TPSA) is 15.3 Å². The molecule has 1 N–H and O–H groups in total. The monoisotopic (exact) mass is 198 g/mol. The average Bonchev–Trinajstić information content (AvgIpc) is 2.53. The molecule has 2 nitrogen and oxygen atoms in total. The van der Waals surface area contributed by atoms with Gasteiger partial charge in [-0.3, -0.25) is 0 Å². The second-order valence-electron chi connectivity index (χ2n) is 5.56. The summed E-state index contributed by atoms with van der Waals surface area (Å²) in [7, 11) is 0. The number of nitrogens with one attached hydrogen (secondary N) is 1. The van der Waals surface area contributed by atoms with Gasteiger partial charge in [0.25, 0.3) is 0 Å². The first-order chi connectivity index (χ1) is 6.49. The highest BCUT2D eigenvalue weighted by atomic mass is 15.2. The van der Waals surface area contributed by atoms with E-state index in [0.717, 1.165) is 12.6 Å². The minimum Gasteiger partial charge on any atom is -0.312 e. The number of hydrogen-bond donors (Lipinski definition) is 1. The van der Waals surface area contributed by atoms with Crippen molar-refractivity contribution in [3.05, 3.63) is 0 Å². The second kappa shape index (κ2) is 5.13. The van der Waals surface area contributed by atoms with Crippen molar-refractivity contribution in [3.8, 4) is 0 Å². The van der Waals surface area contributed by atoms with Crippen LogP contribution in [-0.4, -0.2) is 36.1 Å². The Morgan fingerprint density at radius 3 is 2.29 bits per heavy atom. The zero-order chi connectivity index (χ0) is 10.6. The molecule has 1 saturated heterocycles. The highest BCUT2D eigenvalue weighted by molar-refractivity contribution is 4.76. The summed E-state index contributed by atoms with van der Waals surface area (Å²) in [5.41, 5.74) is 0.269. The van der Waals surface area contributed by atoms with Crippen LogP contribution in [0.2, 0.25) is 0 Å². The van der Waals surface area contributed by atoms with E-state index in [1.54, 1.807) is 0 Å². The summed E-state index contributed by atoms with van der Waals surface area (Å²) in [6.45, 7) is 12.8. The Balaban J connectivity index is 2.11. The van der Waals surface area contributed by atoms with Crippen LogP contribution in [0.5, 0.6) is 0 Å². The van der Waals surface area contributed by atoms with Gasteiger partial charge in [0.2, 0.25) is 0 Å². The fourth-order valence-corrected chi connectivity index (χ4v) is 2.02. The van der Waals surface area contributed by atoms with E-state index in [0.29, 0.717) is 0 Å². The van der Waals surface area contributed by atoms with Gasteiger partial charge in [0, 0.05) is 11.6 Å². The van der Waals surface area contributed by atoms with Crippen LogP contribution in [0, 0.1) is 0 Å². The first-order valence-electron chi connectivity index (χ1n) is 5.98. The average molecular weight is 198 g/mol. The van der Waals surface area contributed by atoms with Crippen molar-refractivity contribution in [2.45, 2.75) is 58.5 Å². The predicted molar refractivity (Wildman–Crippen MR) is 62.6 cm³/mol. The molecule has 1 heterocycles. The molecule has 0 aromatic rings. The van der Waals surface area contributed by atoms with Crippen molar-refractivity contribution in [1.29, 1.82) is 0 Å². The lowest BCUT2D eigenvalue weighted by Crippen LogP contribution is -2.39. The summed E-state index contributed by atoms with van der Waals surface area (Å²) in [5.74, 6) is 0. The molecular formula is C12H26N2.